The van der Waals surface area contributed by atoms with Crippen LogP contribution in [-0.2, 0) is 4.79 Å². The van der Waals surface area contributed by atoms with Gasteiger partial charge in [-0.3, -0.25) is 4.79 Å². The van der Waals surface area contributed by atoms with Gasteiger partial charge in [-0.2, -0.15) is 0 Å². The highest BCUT2D eigenvalue weighted by Crippen LogP contribution is 2.36. The summed E-state index contributed by atoms with van der Waals surface area (Å²) in [5.41, 5.74) is 0.496. The van der Waals surface area contributed by atoms with E-state index < -0.39 is 0 Å². The second-order valence-electron chi connectivity index (χ2n) is 6.61. The Hall–Kier alpha value is -1.62. The molecular weight excluding hydrogens is 278 g/mol. The van der Waals surface area contributed by atoms with Gasteiger partial charge in [-0.05, 0) is 33.0 Å². The van der Waals surface area contributed by atoms with Gasteiger partial charge in [-0.15, -0.1) is 0 Å². The summed E-state index contributed by atoms with van der Waals surface area (Å²) in [7, 11) is 4.00. The highest BCUT2D eigenvalue weighted by Gasteiger charge is 2.34. The molecule has 5 nitrogen and oxygen atoms in total. The van der Waals surface area contributed by atoms with Crippen LogP contribution in [0.15, 0.2) is 18.3 Å². The van der Waals surface area contributed by atoms with Crippen LogP contribution in [0.3, 0.4) is 0 Å². The van der Waals surface area contributed by atoms with Crippen molar-refractivity contribution in [3.8, 4) is 5.88 Å². The predicted molar refractivity (Wildman–Crippen MR) is 88.1 cm³/mol. The Labute approximate surface area is 133 Å². The Morgan fingerprint density at radius 2 is 2.05 bits per heavy atom. The molecule has 0 bridgehead atoms. The molecule has 1 heterocycles. The highest BCUT2D eigenvalue weighted by atomic mass is 16.5. The van der Waals surface area contributed by atoms with E-state index in [9.17, 15) is 4.79 Å². The summed E-state index contributed by atoms with van der Waals surface area (Å²) >= 11 is 0. The standard InChI is InChI=1S/C17H27N3O2/c1-17(9-5-4-6-10-17)16(21)19-14-7-8-15(18-13-14)22-12-11-20(2)3/h7-8,13H,4-6,9-12H2,1-3H3,(H,19,21). The van der Waals surface area contributed by atoms with Crippen molar-refractivity contribution in [1.82, 2.24) is 9.88 Å². The molecule has 0 saturated heterocycles. The van der Waals surface area contributed by atoms with Gasteiger partial charge in [0.25, 0.3) is 0 Å². The van der Waals surface area contributed by atoms with Crippen molar-refractivity contribution >= 4 is 11.6 Å². The van der Waals surface area contributed by atoms with E-state index in [0.717, 1.165) is 37.9 Å². The number of anilines is 1. The van der Waals surface area contributed by atoms with Crippen molar-refractivity contribution in [1.29, 1.82) is 0 Å². The van der Waals surface area contributed by atoms with Crippen LogP contribution in [0.25, 0.3) is 0 Å². The van der Waals surface area contributed by atoms with E-state index in [1.807, 2.05) is 20.2 Å². The number of ether oxygens (including phenoxy) is 1. The van der Waals surface area contributed by atoms with E-state index in [2.05, 4.69) is 22.1 Å². The van der Waals surface area contributed by atoms with E-state index in [4.69, 9.17) is 4.74 Å². The second kappa shape index (κ2) is 7.58. The average Bonchev–Trinajstić information content (AvgIpc) is 2.49. The monoisotopic (exact) mass is 305 g/mol. The zero-order valence-electron chi connectivity index (χ0n) is 13.9. The van der Waals surface area contributed by atoms with Gasteiger partial charge >= 0.3 is 0 Å². The van der Waals surface area contributed by atoms with Gasteiger partial charge in [0.15, 0.2) is 0 Å². The molecule has 22 heavy (non-hydrogen) atoms. The van der Waals surface area contributed by atoms with Crippen LogP contribution < -0.4 is 10.1 Å². The number of nitrogens with zero attached hydrogens (tertiary/aromatic N) is 2. The average molecular weight is 305 g/mol. The lowest BCUT2D eigenvalue weighted by Crippen LogP contribution is -2.35. The first-order chi connectivity index (χ1) is 10.5. The van der Waals surface area contributed by atoms with E-state index in [-0.39, 0.29) is 11.3 Å². The molecule has 0 radical (unpaired) electrons. The maximum atomic E-state index is 12.4. The number of hydrogen-bond donors (Lipinski definition) is 1. The first-order valence-corrected chi connectivity index (χ1v) is 8.05. The zero-order chi connectivity index (χ0) is 16.0. The summed E-state index contributed by atoms with van der Waals surface area (Å²) < 4.78 is 5.55. The van der Waals surface area contributed by atoms with Crippen molar-refractivity contribution in [2.24, 2.45) is 5.41 Å². The zero-order valence-corrected chi connectivity index (χ0v) is 13.9. The minimum Gasteiger partial charge on any atom is -0.476 e. The quantitative estimate of drug-likeness (QED) is 0.878. The molecule has 1 aromatic rings. The third-order valence-corrected chi connectivity index (χ3v) is 4.29. The van der Waals surface area contributed by atoms with Crippen LogP contribution in [-0.4, -0.2) is 43.0 Å². The Bertz CT molecular complexity index is 479. The van der Waals surface area contributed by atoms with Crippen LogP contribution in [0.2, 0.25) is 0 Å². The van der Waals surface area contributed by atoms with Crippen molar-refractivity contribution in [3.05, 3.63) is 18.3 Å². The molecule has 0 aromatic carbocycles. The summed E-state index contributed by atoms with van der Waals surface area (Å²) in [4.78, 5) is 18.7. The number of nitrogens with one attached hydrogen (secondary N) is 1. The molecule has 1 N–H and O–H groups in total. The Morgan fingerprint density at radius 1 is 1.32 bits per heavy atom. The topological polar surface area (TPSA) is 54.5 Å². The molecule has 1 aromatic heterocycles. The Kier molecular flexibility index (Phi) is 5.77. The van der Waals surface area contributed by atoms with Crippen molar-refractivity contribution in [3.63, 3.8) is 0 Å². The SMILES string of the molecule is CN(C)CCOc1ccc(NC(=O)C2(C)CCCCC2)cn1. The van der Waals surface area contributed by atoms with Gasteiger partial charge in [-0.25, -0.2) is 4.98 Å². The van der Waals surface area contributed by atoms with E-state index in [1.165, 1.54) is 6.42 Å². The third kappa shape index (κ3) is 4.70. The molecule has 5 heteroatoms. The van der Waals surface area contributed by atoms with Crippen LogP contribution >= 0.6 is 0 Å². The summed E-state index contributed by atoms with van der Waals surface area (Å²) in [6, 6.07) is 3.65. The molecule has 1 aliphatic carbocycles. The van der Waals surface area contributed by atoms with Crippen molar-refractivity contribution in [2.45, 2.75) is 39.0 Å². The fourth-order valence-corrected chi connectivity index (χ4v) is 2.71. The summed E-state index contributed by atoms with van der Waals surface area (Å²) in [5.74, 6) is 0.694. The maximum absolute atomic E-state index is 12.4. The van der Waals surface area contributed by atoms with Crippen LogP contribution in [0, 0.1) is 5.41 Å². The van der Waals surface area contributed by atoms with Crippen molar-refractivity contribution in [2.75, 3.05) is 32.6 Å². The molecule has 0 aliphatic heterocycles. The highest BCUT2D eigenvalue weighted by molar-refractivity contribution is 5.94. The number of rotatable bonds is 6. The molecule has 122 valence electrons. The normalized spacial score (nSPS) is 17.3. The molecule has 1 fully saturated rings. The minimum absolute atomic E-state index is 0.107. The second-order valence-corrected chi connectivity index (χ2v) is 6.61. The molecule has 1 aliphatic rings. The number of pyridine rings is 1. The fourth-order valence-electron chi connectivity index (χ4n) is 2.71. The number of carbonyl (C=O) groups excluding carboxylic acids is 1. The van der Waals surface area contributed by atoms with Gasteiger partial charge in [0.2, 0.25) is 11.8 Å². The first kappa shape index (κ1) is 16.7. The number of carbonyl (C=O) groups is 1. The predicted octanol–water partition coefficient (Wildman–Crippen LogP) is 2.93. The fraction of sp³-hybridized carbons (Fsp3) is 0.647. The largest absolute Gasteiger partial charge is 0.476 e. The van der Waals surface area contributed by atoms with Gasteiger partial charge in [0.1, 0.15) is 6.61 Å². The van der Waals surface area contributed by atoms with E-state index >= 15 is 0 Å². The van der Waals surface area contributed by atoms with Crippen LogP contribution in [0.5, 0.6) is 5.88 Å². The van der Waals surface area contributed by atoms with Gasteiger partial charge in [0, 0.05) is 18.0 Å². The van der Waals surface area contributed by atoms with E-state index in [0.29, 0.717) is 12.5 Å². The van der Waals surface area contributed by atoms with Gasteiger partial charge in [-0.1, -0.05) is 26.2 Å². The molecule has 2 rings (SSSR count). The first-order valence-electron chi connectivity index (χ1n) is 8.05. The molecule has 0 unspecified atom stereocenters. The number of hydrogen-bond acceptors (Lipinski definition) is 4. The molecule has 0 spiro atoms. The van der Waals surface area contributed by atoms with Crippen LogP contribution in [0.4, 0.5) is 5.69 Å². The lowest BCUT2D eigenvalue weighted by Gasteiger charge is -2.31. The summed E-state index contributed by atoms with van der Waals surface area (Å²) in [6.07, 6.45) is 7.12. The number of likely N-dealkylation sites (N-methyl/N-ethyl adjacent to an activating group) is 1. The third-order valence-electron chi connectivity index (χ3n) is 4.29. The maximum Gasteiger partial charge on any atom is 0.230 e. The minimum atomic E-state index is -0.237. The molecule has 1 saturated carbocycles. The van der Waals surface area contributed by atoms with E-state index in [1.54, 1.807) is 12.3 Å². The smallest absolute Gasteiger partial charge is 0.230 e. The summed E-state index contributed by atoms with van der Waals surface area (Å²) in [6.45, 7) is 3.51. The van der Waals surface area contributed by atoms with Crippen molar-refractivity contribution < 1.29 is 9.53 Å². The van der Waals surface area contributed by atoms with Gasteiger partial charge < -0.3 is 15.0 Å². The number of aromatic nitrogens is 1. The summed E-state index contributed by atoms with van der Waals surface area (Å²) in [5, 5.41) is 2.99. The Morgan fingerprint density at radius 3 is 2.64 bits per heavy atom. The molecule has 1 amide bonds. The lowest BCUT2D eigenvalue weighted by molar-refractivity contribution is -0.126. The van der Waals surface area contributed by atoms with Gasteiger partial charge in [0.05, 0.1) is 11.9 Å². The lowest BCUT2D eigenvalue weighted by atomic mass is 9.75. The number of amides is 1. The Balaban J connectivity index is 1.86. The molecule has 0 atom stereocenters. The van der Waals surface area contributed by atoms with Crippen LogP contribution in [0.1, 0.15) is 39.0 Å². The molecular formula is C17H27N3O2.